The molecule has 0 spiro atoms. The zero-order valence-corrected chi connectivity index (χ0v) is 7.71. The van der Waals surface area contributed by atoms with E-state index in [1.54, 1.807) is 13.0 Å². The number of primary amides is 1. The molecule has 0 saturated heterocycles. The molecule has 1 amide bonds. The molecule has 0 aliphatic heterocycles. The fraction of sp³-hybridized carbons (Fsp3) is 0.667. The fourth-order valence-corrected chi connectivity index (χ4v) is 0.864. The predicted octanol–water partition coefficient (Wildman–Crippen LogP) is 0.969. The van der Waals surface area contributed by atoms with Crippen LogP contribution in [0.2, 0.25) is 0 Å². The van der Waals surface area contributed by atoms with Crippen molar-refractivity contribution in [1.82, 2.24) is 0 Å². The zero-order valence-electron chi connectivity index (χ0n) is 7.71. The quantitative estimate of drug-likeness (QED) is 0.605. The van der Waals surface area contributed by atoms with E-state index in [1.807, 2.05) is 6.92 Å². The molecular formula is C9H17NO2. The van der Waals surface area contributed by atoms with Crippen molar-refractivity contribution in [2.75, 3.05) is 0 Å². The fourth-order valence-electron chi connectivity index (χ4n) is 0.864. The highest BCUT2D eigenvalue weighted by Crippen LogP contribution is 2.04. The molecule has 3 N–H and O–H groups in total. The number of carbonyl (C=O) groups is 1. The van der Waals surface area contributed by atoms with E-state index in [-0.39, 0.29) is 6.10 Å². The van der Waals surface area contributed by atoms with Gasteiger partial charge in [-0.3, -0.25) is 4.79 Å². The largest absolute Gasteiger partial charge is 0.393 e. The summed E-state index contributed by atoms with van der Waals surface area (Å²) in [7, 11) is 0. The van der Waals surface area contributed by atoms with Crippen LogP contribution in [0.1, 0.15) is 33.1 Å². The molecule has 0 aromatic rings. The number of hydrogen-bond donors (Lipinski definition) is 2. The molecular weight excluding hydrogens is 154 g/mol. The lowest BCUT2D eigenvalue weighted by atomic mass is 10.1. The van der Waals surface area contributed by atoms with Gasteiger partial charge in [-0.15, -0.1) is 0 Å². The van der Waals surface area contributed by atoms with E-state index in [4.69, 9.17) is 5.73 Å². The van der Waals surface area contributed by atoms with Gasteiger partial charge in [0.2, 0.25) is 5.91 Å². The van der Waals surface area contributed by atoms with Crippen molar-refractivity contribution in [3.8, 4) is 0 Å². The number of aliphatic hydroxyl groups is 1. The first kappa shape index (κ1) is 11.2. The molecule has 0 rings (SSSR count). The molecule has 0 saturated carbocycles. The Morgan fingerprint density at radius 1 is 1.67 bits per heavy atom. The lowest BCUT2D eigenvalue weighted by Crippen LogP contribution is -2.12. The molecule has 0 fully saturated rings. The van der Waals surface area contributed by atoms with Crippen molar-refractivity contribution in [3.05, 3.63) is 11.6 Å². The van der Waals surface area contributed by atoms with Gasteiger partial charge in [-0.2, -0.15) is 0 Å². The molecule has 0 heterocycles. The maximum absolute atomic E-state index is 10.5. The molecule has 3 nitrogen and oxygen atoms in total. The van der Waals surface area contributed by atoms with E-state index < -0.39 is 5.91 Å². The van der Waals surface area contributed by atoms with E-state index in [1.165, 1.54) is 0 Å². The predicted molar refractivity (Wildman–Crippen MR) is 48.5 cm³/mol. The molecule has 1 atom stereocenters. The smallest absolute Gasteiger partial charge is 0.244 e. The second-order valence-electron chi connectivity index (χ2n) is 2.93. The van der Waals surface area contributed by atoms with Crippen molar-refractivity contribution >= 4 is 5.91 Å². The topological polar surface area (TPSA) is 63.3 Å². The number of hydrogen-bond acceptors (Lipinski definition) is 2. The summed E-state index contributed by atoms with van der Waals surface area (Å²) in [4.78, 5) is 10.5. The minimum absolute atomic E-state index is 0.343. The minimum atomic E-state index is -0.418. The Bertz CT molecular complexity index is 175. The number of nitrogens with two attached hydrogens (primary N) is 1. The highest BCUT2D eigenvalue weighted by Gasteiger charge is 2.01. The number of amides is 1. The Balaban J connectivity index is 3.79. The SMILES string of the molecule is CCCC(O)CC=C(C)C(N)=O. The lowest BCUT2D eigenvalue weighted by Gasteiger charge is -2.05. The van der Waals surface area contributed by atoms with Crippen LogP contribution < -0.4 is 5.73 Å². The highest BCUT2D eigenvalue weighted by atomic mass is 16.3. The van der Waals surface area contributed by atoms with Crippen molar-refractivity contribution in [2.24, 2.45) is 5.73 Å². The van der Waals surface area contributed by atoms with Crippen LogP contribution in [0.3, 0.4) is 0 Å². The van der Waals surface area contributed by atoms with Gasteiger partial charge in [0.05, 0.1) is 6.10 Å². The standard InChI is InChI=1S/C9H17NO2/c1-3-4-8(11)6-5-7(2)9(10)12/h5,8,11H,3-4,6H2,1-2H3,(H2,10,12). The summed E-state index contributed by atoms with van der Waals surface area (Å²) in [5, 5.41) is 9.28. The second-order valence-corrected chi connectivity index (χ2v) is 2.93. The normalized spacial score (nSPS) is 14.4. The van der Waals surface area contributed by atoms with E-state index in [0.717, 1.165) is 12.8 Å². The zero-order chi connectivity index (χ0) is 9.56. The Hall–Kier alpha value is -0.830. The molecule has 3 heteroatoms. The summed E-state index contributed by atoms with van der Waals surface area (Å²) in [6, 6.07) is 0. The average molecular weight is 171 g/mol. The molecule has 1 unspecified atom stereocenters. The Kier molecular flexibility index (Phi) is 5.37. The van der Waals surface area contributed by atoms with Gasteiger partial charge >= 0.3 is 0 Å². The van der Waals surface area contributed by atoms with Crippen LogP contribution in [0, 0.1) is 0 Å². The Morgan fingerprint density at radius 2 is 2.25 bits per heavy atom. The summed E-state index contributed by atoms with van der Waals surface area (Å²) in [5.74, 6) is -0.418. The van der Waals surface area contributed by atoms with Gasteiger partial charge in [0.15, 0.2) is 0 Å². The molecule has 0 bridgehead atoms. The van der Waals surface area contributed by atoms with Gasteiger partial charge in [0.1, 0.15) is 0 Å². The number of rotatable bonds is 5. The van der Waals surface area contributed by atoms with Gasteiger partial charge in [-0.25, -0.2) is 0 Å². The highest BCUT2D eigenvalue weighted by molar-refractivity contribution is 5.91. The van der Waals surface area contributed by atoms with Crippen molar-refractivity contribution < 1.29 is 9.90 Å². The molecule has 70 valence electrons. The second kappa shape index (κ2) is 5.77. The first-order valence-electron chi connectivity index (χ1n) is 4.22. The van der Waals surface area contributed by atoms with Crippen LogP contribution in [0.25, 0.3) is 0 Å². The first-order valence-corrected chi connectivity index (χ1v) is 4.22. The van der Waals surface area contributed by atoms with Crippen molar-refractivity contribution in [3.63, 3.8) is 0 Å². The van der Waals surface area contributed by atoms with Crippen LogP contribution in [0.4, 0.5) is 0 Å². The summed E-state index contributed by atoms with van der Waals surface area (Å²) in [6.07, 6.45) is 3.57. The summed E-state index contributed by atoms with van der Waals surface area (Å²) >= 11 is 0. The number of aliphatic hydroxyl groups excluding tert-OH is 1. The molecule has 0 aromatic heterocycles. The van der Waals surface area contributed by atoms with Crippen LogP contribution in [-0.2, 0) is 4.79 Å². The third kappa shape index (κ3) is 4.91. The van der Waals surface area contributed by atoms with Gasteiger partial charge in [-0.1, -0.05) is 19.4 Å². The minimum Gasteiger partial charge on any atom is -0.393 e. The third-order valence-electron chi connectivity index (χ3n) is 1.71. The van der Waals surface area contributed by atoms with Crippen molar-refractivity contribution in [2.45, 2.75) is 39.2 Å². The van der Waals surface area contributed by atoms with E-state index in [2.05, 4.69) is 0 Å². The average Bonchev–Trinajstić information content (AvgIpc) is 2.00. The Labute approximate surface area is 73.3 Å². The van der Waals surface area contributed by atoms with Gasteiger partial charge in [0.25, 0.3) is 0 Å². The maximum Gasteiger partial charge on any atom is 0.244 e. The van der Waals surface area contributed by atoms with Crippen molar-refractivity contribution in [1.29, 1.82) is 0 Å². The van der Waals surface area contributed by atoms with Gasteiger partial charge < -0.3 is 10.8 Å². The maximum atomic E-state index is 10.5. The summed E-state index contributed by atoms with van der Waals surface area (Å²) in [6.45, 7) is 3.66. The number of carbonyl (C=O) groups excluding carboxylic acids is 1. The van der Waals surface area contributed by atoms with Gasteiger partial charge in [-0.05, 0) is 19.8 Å². The van der Waals surface area contributed by atoms with E-state index in [0.29, 0.717) is 12.0 Å². The molecule has 0 radical (unpaired) electrons. The monoisotopic (exact) mass is 171 g/mol. The van der Waals surface area contributed by atoms with E-state index >= 15 is 0 Å². The first-order chi connectivity index (χ1) is 5.57. The summed E-state index contributed by atoms with van der Waals surface area (Å²) < 4.78 is 0. The van der Waals surface area contributed by atoms with Crippen LogP contribution in [0.5, 0.6) is 0 Å². The lowest BCUT2D eigenvalue weighted by molar-refractivity contribution is -0.114. The Morgan fingerprint density at radius 3 is 2.67 bits per heavy atom. The molecule has 0 aromatic carbocycles. The molecule has 0 aliphatic rings. The van der Waals surface area contributed by atoms with Crippen LogP contribution in [0.15, 0.2) is 11.6 Å². The van der Waals surface area contributed by atoms with Crippen LogP contribution in [-0.4, -0.2) is 17.1 Å². The van der Waals surface area contributed by atoms with E-state index in [9.17, 15) is 9.90 Å². The van der Waals surface area contributed by atoms with Gasteiger partial charge in [0, 0.05) is 5.57 Å². The molecule has 12 heavy (non-hydrogen) atoms. The third-order valence-corrected chi connectivity index (χ3v) is 1.71. The van der Waals surface area contributed by atoms with Crippen LogP contribution >= 0.6 is 0 Å². The molecule has 0 aliphatic carbocycles. The summed E-state index contributed by atoms with van der Waals surface area (Å²) in [5.41, 5.74) is 5.53.